The highest BCUT2D eigenvalue weighted by molar-refractivity contribution is 14.1. The maximum atomic E-state index is 11.7. The van der Waals surface area contributed by atoms with Crippen LogP contribution in [0.3, 0.4) is 0 Å². The molecule has 0 aliphatic rings. The van der Waals surface area contributed by atoms with Gasteiger partial charge in [0.05, 0.1) is 6.20 Å². The van der Waals surface area contributed by atoms with Crippen molar-refractivity contribution in [2.75, 3.05) is 5.32 Å². The number of aromatic amines is 1. The molecule has 0 saturated carbocycles. The highest BCUT2D eigenvalue weighted by Gasteiger charge is 2.09. The molecule has 2 rings (SSSR count). The molecule has 0 radical (unpaired) electrons. The number of benzene rings is 1. The number of nitrogens with zero attached hydrogens (tertiary/aromatic N) is 2. The van der Waals surface area contributed by atoms with E-state index in [1.807, 2.05) is 25.1 Å². The minimum absolute atomic E-state index is 0.266. The van der Waals surface area contributed by atoms with Crippen molar-refractivity contribution in [1.82, 2.24) is 15.4 Å². The molecule has 0 aliphatic carbocycles. The van der Waals surface area contributed by atoms with Crippen LogP contribution in [0, 0.1) is 10.5 Å². The summed E-state index contributed by atoms with van der Waals surface area (Å²) in [6.45, 7) is 1.95. The molecule has 2 aromatic rings. The summed E-state index contributed by atoms with van der Waals surface area (Å²) in [5.41, 5.74) is 2.08. The van der Waals surface area contributed by atoms with Crippen molar-refractivity contribution < 1.29 is 4.79 Å². The second kappa shape index (κ2) is 4.60. The van der Waals surface area contributed by atoms with E-state index in [0.29, 0.717) is 0 Å². The number of aromatic nitrogens is 3. The average Bonchev–Trinajstić information content (AvgIpc) is 2.75. The lowest BCUT2D eigenvalue weighted by Gasteiger charge is -2.06. The van der Waals surface area contributed by atoms with E-state index < -0.39 is 0 Å². The molecule has 0 fully saturated rings. The summed E-state index contributed by atoms with van der Waals surface area (Å²) in [4.78, 5) is 11.7. The molecule has 82 valence electrons. The monoisotopic (exact) mass is 328 g/mol. The predicted molar refractivity (Wildman–Crippen MR) is 68.2 cm³/mol. The van der Waals surface area contributed by atoms with Crippen molar-refractivity contribution in [2.45, 2.75) is 6.92 Å². The van der Waals surface area contributed by atoms with E-state index in [2.05, 4.69) is 43.3 Å². The van der Waals surface area contributed by atoms with Gasteiger partial charge in [0.25, 0.3) is 5.91 Å². The molecular formula is C10H9IN4O. The fourth-order valence-electron chi connectivity index (χ4n) is 1.26. The van der Waals surface area contributed by atoms with Crippen LogP contribution >= 0.6 is 22.6 Å². The Morgan fingerprint density at radius 1 is 1.50 bits per heavy atom. The quantitative estimate of drug-likeness (QED) is 0.828. The Bertz CT molecular complexity index is 510. The lowest BCUT2D eigenvalue weighted by atomic mass is 10.2. The largest absolute Gasteiger partial charge is 0.320 e. The van der Waals surface area contributed by atoms with E-state index in [1.165, 1.54) is 6.20 Å². The molecule has 6 heteroatoms. The van der Waals surface area contributed by atoms with Crippen LogP contribution in [-0.2, 0) is 0 Å². The Kier molecular flexibility index (Phi) is 3.18. The molecule has 1 aromatic carbocycles. The van der Waals surface area contributed by atoms with Gasteiger partial charge in [-0.2, -0.15) is 15.4 Å². The van der Waals surface area contributed by atoms with Gasteiger partial charge in [-0.05, 0) is 53.3 Å². The van der Waals surface area contributed by atoms with Crippen LogP contribution in [-0.4, -0.2) is 21.3 Å². The predicted octanol–water partition coefficient (Wildman–Crippen LogP) is 1.97. The topological polar surface area (TPSA) is 70.7 Å². The first-order valence-electron chi connectivity index (χ1n) is 4.60. The van der Waals surface area contributed by atoms with Crippen LogP contribution in [0.15, 0.2) is 24.4 Å². The normalized spacial score (nSPS) is 10.1. The number of carbonyl (C=O) groups is 1. The zero-order valence-corrected chi connectivity index (χ0v) is 10.6. The van der Waals surface area contributed by atoms with Crippen molar-refractivity contribution >= 4 is 34.2 Å². The van der Waals surface area contributed by atoms with Crippen LogP contribution in [0.5, 0.6) is 0 Å². The maximum Gasteiger partial charge on any atom is 0.277 e. The number of rotatable bonds is 2. The van der Waals surface area contributed by atoms with Gasteiger partial charge < -0.3 is 5.32 Å². The molecule has 0 saturated heterocycles. The number of nitrogens with one attached hydrogen (secondary N) is 2. The Morgan fingerprint density at radius 2 is 2.31 bits per heavy atom. The first kappa shape index (κ1) is 11.1. The molecule has 1 heterocycles. The molecule has 0 spiro atoms. The fraction of sp³-hybridized carbons (Fsp3) is 0.100. The van der Waals surface area contributed by atoms with E-state index in [9.17, 15) is 4.79 Å². The molecule has 0 aliphatic heterocycles. The summed E-state index contributed by atoms with van der Waals surface area (Å²) in [5, 5.41) is 12.5. The molecule has 1 aromatic heterocycles. The van der Waals surface area contributed by atoms with E-state index >= 15 is 0 Å². The second-order valence-electron chi connectivity index (χ2n) is 3.27. The van der Waals surface area contributed by atoms with Crippen LogP contribution in [0.25, 0.3) is 0 Å². The smallest absolute Gasteiger partial charge is 0.277 e. The molecule has 0 bridgehead atoms. The van der Waals surface area contributed by atoms with Crippen molar-refractivity contribution in [1.29, 1.82) is 0 Å². The summed E-state index contributed by atoms with van der Waals surface area (Å²) >= 11 is 2.23. The Hall–Kier alpha value is -1.44. The van der Waals surface area contributed by atoms with E-state index in [1.54, 1.807) is 0 Å². The van der Waals surface area contributed by atoms with Crippen LogP contribution in [0.2, 0.25) is 0 Å². The lowest BCUT2D eigenvalue weighted by Crippen LogP contribution is -2.13. The van der Waals surface area contributed by atoms with Crippen molar-refractivity contribution in [2.24, 2.45) is 0 Å². The number of amides is 1. The van der Waals surface area contributed by atoms with Gasteiger partial charge in [0.1, 0.15) is 0 Å². The highest BCUT2D eigenvalue weighted by atomic mass is 127. The third-order valence-electron chi connectivity index (χ3n) is 2.08. The number of carbonyl (C=O) groups excluding carboxylic acids is 1. The van der Waals surface area contributed by atoms with Crippen LogP contribution in [0.4, 0.5) is 5.69 Å². The lowest BCUT2D eigenvalue weighted by molar-refractivity contribution is 0.102. The van der Waals surface area contributed by atoms with Gasteiger partial charge in [-0.15, -0.1) is 0 Å². The standard InChI is InChI=1S/C10H9IN4O/c1-6-4-7(11)2-3-8(6)13-10(16)9-5-12-15-14-9/h2-5H,1H3,(H,13,16)(H,12,14,15). The molecule has 0 atom stereocenters. The summed E-state index contributed by atoms with van der Waals surface area (Å²) < 4.78 is 1.13. The van der Waals surface area contributed by atoms with Gasteiger partial charge in [-0.1, -0.05) is 0 Å². The van der Waals surface area contributed by atoms with Crippen LogP contribution in [0.1, 0.15) is 16.1 Å². The first-order valence-corrected chi connectivity index (χ1v) is 5.68. The SMILES string of the molecule is Cc1cc(I)ccc1NC(=O)c1cn[nH]n1. The minimum Gasteiger partial charge on any atom is -0.320 e. The van der Waals surface area contributed by atoms with Crippen molar-refractivity contribution in [3.05, 3.63) is 39.2 Å². The second-order valence-corrected chi connectivity index (χ2v) is 4.51. The molecule has 16 heavy (non-hydrogen) atoms. The maximum absolute atomic E-state index is 11.7. The number of hydrogen-bond acceptors (Lipinski definition) is 3. The summed E-state index contributed by atoms with van der Waals surface area (Å²) in [7, 11) is 0. The number of H-pyrrole nitrogens is 1. The van der Waals surface area contributed by atoms with Gasteiger partial charge in [0, 0.05) is 9.26 Å². The number of aryl methyl sites for hydroxylation is 1. The molecule has 1 amide bonds. The van der Waals surface area contributed by atoms with Crippen LogP contribution < -0.4 is 5.32 Å². The Labute approximate surface area is 106 Å². The molecule has 5 nitrogen and oxygen atoms in total. The van der Waals surface area contributed by atoms with Gasteiger partial charge >= 0.3 is 0 Å². The molecular weight excluding hydrogens is 319 g/mol. The highest BCUT2D eigenvalue weighted by Crippen LogP contribution is 2.18. The van der Waals surface area contributed by atoms with Gasteiger partial charge in [0.2, 0.25) is 0 Å². The summed E-state index contributed by atoms with van der Waals surface area (Å²) in [6.07, 6.45) is 1.39. The Balaban J connectivity index is 2.18. The van der Waals surface area contributed by atoms with Crippen molar-refractivity contribution in [3.63, 3.8) is 0 Å². The third-order valence-corrected chi connectivity index (χ3v) is 2.76. The van der Waals surface area contributed by atoms with Gasteiger partial charge in [-0.25, -0.2) is 0 Å². The zero-order chi connectivity index (χ0) is 11.5. The van der Waals surface area contributed by atoms with Gasteiger partial charge in [0.15, 0.2) is 5.69 Å². The zero-order valence-electron chi connectivity index (χ0n) is 8.49. The average molecular weight is 328 g/mol. The van der Waals surface area contributed by atoms with E-state index in [-0.39, 0.29) is 11.6 Å². The number of anilines is 1. The van der Waals surface area contributed by atoms with Gasteiger partial charge in [-0.3, -0.25) is 4.79 Å². The molecule has 2 N–H and O–H groups in total. The third kappa shape index (κ3) is 2.38. The van der Waals surface area contributed by atoms with Crippen molar-refractivity contribution in [3.8, 4) is 0 Å². The Morgan fingerprint density at radius 3 is 2.94 bits per heavy atom. The summed E-state index contributed by atoms with van der Waals surface area (Å²) in [5.74, 6) is -0.266. The number of halogens is 1. The first-order chi connectivity index (χ1) is 7.66. The fourth-order valence-corrected chi connectivity index (χ4v) is 1.91. The van der Waals surface area contributed by atoms with E-state index in [0.717, 1.165) is 14.8 Å². The number of hydrogen-bond donors (Lipinski definition) is 2. The van der Waals surface area contributed by atoms with E-state index in [4.69, 9.17) is 0 Å². The minimum atomic E-state index is -0.266. The summed E-state index contributed by atoms with van der Waals surface area (Å²) in [6, 6.07) is 5.81. The molecule has 0 unspecified atom stereocenters.